The molecular weight excluding hydrogens is 287 g/mol. The molecule has 1 heterocycles. The summed E-state index contributed by atoms with van der Waals surface area (Å²) in [5.41, 5.74) is 0.508. The number of hydrogen-bond donors (Lipinski definition) is 2. The van der Waals surface area contributed by atoms with Gasteiger partial charge in [0.25, 0.3) is 0 Å². The van der Waals surface area contributed by atoms with Crippen molar-refractivity contribution in [2.45, 2.75) is 13.3 Å². The van der Waals surface area contributed by atoms with Crippen molar-refractivity contribution in [3.63, 3.8) is 0 Å². The SMILES string of the molecule is CC(=O)Nc1cc(NC(=O)N2CCCN(C)CC2)ccc1F. The minimum Gasteiger partial charge on any atom is -0.324 e. The highest BCUT2D eigenvalue weighted by atomic mass is 19.1. The van der Waals surface area contributed by atoms with Crippen LogP contribution in [-0.2, 0) is 4.79 Å². The minimum atomic E-state index is -0.537. The largest absolute Gasteiger partial charge is 0.324 e. The normalized spacial score (nSPS) is 16.0. The number of carbonyl (C=O) groups excluding carboxylic acids is 2. The van der Waals surface area contributed by atoms with Gasteiger partial charge in [0.2, 0.25) is 5.91 Å². The number of nitrogens with one attached hydrogen (secondary N) is 2. The molecule has 1 aromatic rings. The Morgan fingerprint density at radius 1 is 1.14 bits per heavy atom. The van der Waals surface area contributed by atoms with E-state index in [1.807, 2.05) is 7.05 Å². The van der Waals surface area contributed by atoms with Crippen LogP contribution in [0, 0.1) is 5.82 Å². The first kappa shape index (κ1) is 16.2. The third-order valence-corrected chi connectivity index (χ3v) is 3.54. The minimum absolute atomic E-state index is 0.0564. The van der Waals surface area contributed by atoms with Gasteiger partial charge in [-0.25, -0.2) is 9.18 Å². The van der Waals surface area contributed by atoms with Gasteiger partial charge in [0, 0.05) is 32.2 Å². The number of carbonyl (C=O) groups is 2. The van der Waals surface area contributed by atoms with Gasteiger partial charge in [0.15, 0.2) is 0 Å². The van der Waals surface area contributed by atoms with Gasteiger partial charge in [-0.3, -0.25) is 4.79 Å². The van der Waals surface area contributed by atoms with E-state index in [0.29, 0.717) is 18.8 Å². The maximum atomic E-state index is 13.6. The van der Waals surface area contributed by atoms with Gasteiger partial charge in [-0.2, -0.15) is 0 Å². The Morgan fingerprint density at radius 3 is 2.64 bits per heavy atom. The number of anilines is 2. The molecule has 2 N–H and O–H groups in total. The Bertz CT molecular complexity index is 564. The number of halogens is 1. The Labute approximate surface area is 129 Å². The number of hydrogen-bond acceptors (Lipinski definition) is 3. The molecule has 6 nitrogen and oxygen atoms in total. The van der Waals surface area contributed by atoms with Gasteiger partial charge in [-0.1, -0.05) is 0 Å². The summed E-state index contributed by atoms with van der Waals surface area (Å²) in [6.45, 7) is 4.44. The number of rotatable bonds is 2. The first-order valence-electron chi connectivity index (χ1n) is 7.27. The Hall–Kier alpha value is -2.15. The van der Waals surface area contributed by atoms with Gasteiger partial charge in [0.1, 0.15) is 5.82 Å². The molecule has 0 atom stereocenters. The van der Waals surface area contributed by atoms with E-state index in [9.17, 15) is 14.0 Å². The molecule has 1 saturated heterocycles. The van der Waals surface area contributed by atoms with Crippen molar-refractivity contribution in [1.82, 2.24) is 9.80 Å². The van der Waals surface area contributed by atoms with Crippen LogP contribution < -0.4 is 10.6 Å². The zero-order valence-corrected chi connectivity index (χ0v) is 12.9. The molecule has 1 aromatic carbocycles. The molecule has 1 fully saturated rings. The smallest absolute Gasteiger partial charge is 0.321 e. The van der Waals surface area contributed by atoms with Crippen LogP contribution in [0.4, 0.5) is 20.6 Å². The van der Waals surface area contributed by atoms with Crippen molar-refractivity contribution >= 4 is 23.3 Å². The molecule has 120 valence electrons. The van der Waals surface area contributed by atoms with Crippen LogP contribution >= 0.6 is 0 Å². The number of likely N-dealkylation sites (N-methyl/N-ethyl adjacent to an activating group) is 1. The molecule has 1 aliphatic rings. The summed E-state index contributed by atoms with van der Waals surface area (Å²) in [5, 5.41) is 5.14. The predicted octanol–water partition coefficient (Wildman–Crippen LogP) is 1.95. The Morgan fingerprint density at radius 2 is 1.91 bits per heavy atom. The summed E-state index contributed by atoms with van der Waals surface area (Å²) < 4.78 is 13.6. The summed E-state index contributed by atoms with van der Waals surface area (Å²) >= 11 is 0. The van der Waals surface area contributed by atoms with E-state index in [4.69, 9.17) is 0 Å². The van der Waals surface area contributed by atoms with Gasteiger partial charge >= 0.3 is 6.03 Å². The fraction of sp³-hybridized carbons (Fsp3) is 0.467. The second-order valence-corrected chi connectivity index (χ2v) is 5.45. The second kappa shape index (κ2) is 7.22. The molecule has 7 heteroatoms. The number of nitrogens with zero attached hydrogens (tertiary/aromatic N) is 2. The summed E-state index contributed by atoms with van der Waals surface area (Å²) in [4.78, 5) is 27.2. The summed E-state index contributed by atoms with van der Waals surface area (Å²) in [6, 6.07) is 3.90. The standard InChI is InChI=1S/C15H21FN4O2/c1-11(21)17-14-10-12(4-5-13(14)16)18-15(22)20-7-3-6-19(2)8-9-20/h4-5,10H,3,6-9H2,1-2H3,(H,17,21)(H,18,22). The van der Waals surface area contributed by atoms with Crippen molar-refractivity contribution < 1.29 is 14.0 Å². The van der Waals surface area contributed by atoms with Crippen molar-refractivity contribution in [3.8, 4) is 0 Å². The molecule has 0 radical (unpaired) electrons. The van der Waals surface area contributed by atoms with Gasteiger partial charge in [-0.05, 0) is 38.2 Å². The average molecular weight is 308 g/mol. The highest BCUT2D eigenvalue weighted by Gasteiger charge is 2.17. The molecule has 0 unspecified atom stereocenters. The van der Waals surface area contributed by atoms with E-state index in [1.165, 1.54) is 25.1 Å². The van der Waals surface area contributed by atoms with Crippen LogP contribution in [0.5, 0.6) is 0 Å². The van der Waals surface area contributed by atoms with Crippen molar-refractivity contribution in [2.24, 2.45) is 0 Å². The fourth-order valence-corrected chi connectivity index (χ4v) is 2.34. The first-order chi connectivity index (χ1) is 10.5. The monoisotopic (exact) mass is 308 g/mol. The summed E-state index contributed by atoms with van der Waals surface area (Å²) in [7, 11) is 2.03. The van der Waals surface area contributed by atoms with E-state index in [1.54, 1.807) is 4.90 Å². The molecule has 0 bridgehead atoms. The lowest BCUT2D eigenvalue weighted by molar-refractivity contribution is -0.114. The van der Waals surface area contributed by atoms with E-state index in [-0.39, 0.29) is 17.6 Å². The number of urea groups is 1. The van der Waals surface area contributed by atoms with Gasteiger partial charge in [0.05, 0.1) is 5.69 Å². The Balaban J connectivity index is 2.03. The third-order valence-electron chi connectivity index (χ3n) is 3.54. The quantitative estimate of drug-likeness (QED) is 0.878. The lowest BCUT2D eigenvalue weighted by Gasteiger charge is -2.21. The van der Waals surface area contributed by atoms with Crippen LogP contribution in [-0.4, -0.2) is 55.0 Å². The fourth-order valence-electron chi connectivity index (χ4n) is 2.34. The molecule has 2 rings (SSSR count). The number of benzene rings is 1. The van der Waals surface area contributed by atoms with Crippen LogP contribution in [0.25, 0.3) is 0 Å². The van der Waals surface area contributed by atoms with E-state index < -0.39 is 5.82 Å². The van der Waals surface area contributed by atoms with Crippen molar-refractivity contribution in [1.29, 1.82) is 0 Å². The van der Waals surface area contributed by atoms with Gasteiger partial charge < -0.3 is 20.4 Å². The molecule has 0 aliphatic carbocycles. The van der Waals surface area contributed by atoms with Crippen LogP contribution in [0.3, 0.4) is 0 Å². The highest BCUT2D eigenvalue weighted by Crippen LogP contribution is 2.20. The zero-order chi connectivity index (χ0) is 16.1. The molecule has 0 spiro atoms. The lowest BCUT2D eigenvalue weighted by atomic mass is 10.2. The maximum absolute atomic E-state index is 13.6. The highest BCUT2D eigenvalue weighted by molar-refractivity contribution is 5.92. The van der Waals surface area contributed by atoms with Crippen LogP contribution in [0.15, 0.2) is 18.2 Å². The zero-order valence-electron chi connectivity index (χ0n) is 12.9. The van der Waals surface area contributed by atoms with Crippen LogP contribution in [0.2, 0.25) is 0 Å². The average Bonchev–Trinajstić information content (AvgIpc) is 2.67. The molecular formula is C15H21FN4O2. The van der Waals surface area contributed by atoms with Crippen LogP contribution in [0.1, 0.15) is 13.3 Å². The van der Waals surface area contributed by atoms with Crippen molar-refractivity contribution in [2.75, 3.05) is 43.9 Å². The molecule has 1 aliphatic heterocycles. The summed E-state index contributed by atoms with van der Waals surface area (Å²) in [6.07, 6.45) is 0.921. The Kier molecular flexibility index (Phi) is 5.32. The maximum Gasteiger partial charge on any atom is 0.321 e. The molecule has 22 heavy (non-hydrogen) atoms. The van der Waals surface area contributed by atoms with E-state index in [2.05, 4.69) is 15.5 Å². The van der Waals surface area contributed by atoms with E-state index in [0.717, 1.165) is 19.5 Å². The summed E-state index contributed by atoms with van der Waals surface area (Å²) in [5.74, 6) is -0.900. The van der Waals surface area contributed by atoms with E-state index >= 15 is 0 Å². The molecule has 3 amide bonds. The number of amides is 3. The topological polar surface area (TPSA) is 64.7 Å². The van der Waals surface area contributed by atoms with Crippen molar-refractivity contribution in [3.05, 3.63) is 24.0 Å². The lowest BCUT2D eigenvalue weighted by Crippen LogP contribution is -2.37. The molecule has 0 aromatic heterocycles. The predicted molar refractivity (Wildman–Crippen MR) is 83.4 cm³/mol. The second-order valence-electron chi connectivity index (χ2n) is 5.45. The third kappa shape index (κ3) is 4.42. The van der Waals surface area contributed by atoms with Gasteiger partial charge in [-0.15, -0.1) is 0 Å². The first-order valence-corrected chi connectivity index (χ1v) is 7.27. The molecule has 0 saturated carbocycles.